The van der Waals surface area contributed by atoms with E-state index in [-0.39, 0.29) is 0 Å². The number of fused-ring (bicyclic) bond motifs is 1. The van der Waals surface area contributed by atoms with Crippen molar-refractivity contribution in [3.63, 3.8) is 0 Å². The lowest BCUT2D eigenvalue weighted by atomic mass is 10.0. The molecule has 84 valence electrons. The maximum atomic E-state index is 10.7. The Labute approximate surface area is 92.7 Å². The number of hydrogen-bond acceptors (Lipinski definition) is 3. The second kappa shape index (κ2) is 3.98. The SMILES string of the molecule is Cc1cc2c(CC(N)C(=O)O)cccc2o1. The fraction of sp³-hybridized carbons (Fsp3) is 0.250. The smallest absolute Gasteiger partial charge is 0.320 e. The second-order valence-corrected chi connectivity index (χ2v) is 3.83. The predicted molar refractivity (Wildman–Crippen MR) is 60.3 cm³/mol. The Balaban J connectivity index is 2.40. The average molecular weight is 219 g/mol. The van der Waals surface area contributed by atoms with Crippen molar-refractivity contribution in [3.05, 3.63) is 35.6 Å². The van der Waals surface area contributed by atoms with Gasteiger partial charge in [-0.1, -0.05) is 12.1 Å². The van der Waals surface area contributed by atoms with Crippen LogP contribution in [0.15, 0.2) is 28.7 Å². The molecule has 0 aliphatic rings. The number of hydrogen-bond donors (Lipinski definition) is 2. The first-order valence-corrected chi connectivity index (χ1v) is 5.04. The van der Waals surface area contributed by atoms with E-state index in [1.165, 1.54) is 0 Å². The van der Waals surface area contributed by atoms with Gasteiger partial charge in [0.2, 0.25) is 0 Å². The van der Waals surface area contributed by atoms with Crippen molar-refractivity contribution >= 4 is 16.9 Å². The summed E-state index contributed by atoms with van der Waals surface area (Å²) in [6.07, 6.45) is 0.311. The number of carboxylic acid groups (broad SMARTS) is 1. The Morgan fingerprint density at radius 3 is 3.00 bits per heavy atom. The monoisotopic (exact) mass is 219 g/mol. The fourth-order valence-corrected chi connectivity index (χ4v) is 1.75. The van der Waals surface area contributed by atoms with E-state index in [0.717, 1.165) is 22.3 Å². The van der Waals surface area contributed by atoms with Crippen LogP contribution < -0.4 is 5.73 Å². The third-order valence-corrected chi connectivity index (χ3v) is 2.53. The highest BCUT2D eigenvalue weighted by atomic mass is 16.4. The first kappa shape index (κ1) is 10.7. The Bertz CT molecular complexity index is 530. The molecule has 2 rings (SSSR count). The number of carboxylic acids is 1. The van der Waals surface area contributed by atoms with Gasteiger partial charge in [0.25, 0.3) is 0 Å². The van der Waals surface area contributed by atoms with E-state index in [9.17, 15) is 4.79 Å². The molecule has 3 N–H and O–H groups in total. The molecule has 0 amide bonds. The molecule has 1 heterocycles. The molecule has 0 saturated heterocycles. The number of aryl methyl sites for hydroxylation is 1. The molecule has 0 radical (unpaired) electrons. The average Bonchev–Trinajstić information content (AvgIpc) is 2.59. The highest BCUT2D eigenvalue weighted by molar-refractivity contribution is 5.83. The van der Waals surface area contributed by atoms with E-state index in [1.54, 1.807) is 0 Å². The topological polar surface area (TPSA) is 76.5 Å². The summed E-state index contributed by atoms with van der Waals surface area (Å²) in [5.74, 6) is -0.177. The number of nitrogens with two attached hydrogens (primary N) is 1. The Kier molecular flexibility index (Phi) is 2.66. The fourth-order valence-electron chi connectivity index (χ4n) is 1.75. The van der Waals surface area contributed by atoms with Gasteiger partial charge in [-0.3, -0.25) is 4.79 Å². The summed E-state index contributed by atoms with van der Waals surface area (Å²) >= 11 is 0. The minimum atomic E-state index is -0.989. The first-order chi connectivity index (χ1) is 7.58. The van der Waals surface area contributed by atoms with Gasteiger partial charge in [-0.25, -0.2) is 0 Å². The van der Waals surface area contributed by atoms with Gasteiger partial charge in [0, 0.05) is 5.39 Å². The van der Waals surface area contributed by atoms with Crippen LogP contribution in [0.1, 0.15) is 11.3 Å². The molecule has 0 aliphatic heterocycles. The summed E-state index contributed by atoms with van der Waals surface area (Å²) in [6, 6.07) is 6.60. The van der Waals surface area contributed by atoms with Gasteiger partial charge in [-0.2, -0.15) is 0 Å². The van der Waals surface area contributed by atoms with Crippen molar-refractivity contribution in [1.29, 1.82) is 0 Å². The van der Waals surface area contributed by atoms with Crippen LogP contribution in [0.2, 0.25) is 0 Å². The van der Waals surface area contributed by atoms with Crippen LogP contribution in [0.5, 0.6) is 0 Å². The molecule has 1 aromatic heterocycles. The van der Waals surface area contributed by atoms with E-state index in [0.29, 0.717) is 6.42 Å². The Morgan fingerprint density at radius 2 is 2.31 bits per heavy atom. The van der Waals surface area contributed by atoms with Gasteiger partial charge in [-0.05, 0) is 31.0 Å². The highest BCUT2D eigenvalue weighted by Gasteiger charge is 2.14. The molecule has 0 spiro atoms. The molecule has 1 atom stereocenters. The predicted octanol–water partition coefficient (Wildman–Crippen LogP) is 1.70. The molecule has 1 aromatic carbocycles. The quantitative estimate of drug-likeness (QED) is 0.823. The molecule has 0 saturated carbocycles. The third kappa shape index (κ3) is 1.92. The molecule has 1 unspecified atom stereocenters. The van der Waals surface area contributed by atoms with E-state index < -0.39 is 12.0 Å². The van der Waals surface area contributed by atoms with Crippen LogP contribution >= 0.6 is 0 Å². The zero-order valence-electron chi connectivity index (χ0n) is 8.93. The van der Waals surface area contributed by atoms with Crippen LogP contribution in [0.4, 0.5) is 0 Å². The summed E-state index contributed by atoms with van der Waals surface area (Å²) < 4.78 is 5.46. The van der Waals surface area contributed by atoms with Crippen LogP contribution in [-0.2, 0) is 11.2 Å². The lowest BCUT2D eigenvalue weighted by Gasteiger charge is -2.06. The van der Waals surface area contributed by atoms with E-state index >= 15 is 0 Å². The maximum absolute atomic E-state index is 10.7. The minimum absolute atomic E-state index is 0.311. The van der Waals surface area contributed by atoms with Gasteiger partial charge in [-0.15, -0.1) is 0 Å². The molecule has 16 heavy (non-hydrogen) atoms. The zero-order valence-corrected chi connectivity index (χ0v) is 8.93. The largest absolute Gasteiger partial charge is 0.480 e. The second-order valence-electron chi connectivity index (χ2n) is 3.83. The molecular weight excluding hydrogens is 206 g/mol. The van der Waals surface area contributed by atoms with Gasteiger partial charge >= 0.3 is 5.97 Å². The molecule has 0 bridgehead atoms. The Hall–Kier alpha value is -1.81. The normalized spacial score (nSPS) is 12.9. The van der Waals surface area contributed by atoms with Crippen LogP contribution in [0.25, 0.3) is 11.0 Å². The van der Waals surface area contributed by atoms with Crippen molar-refractivity contribution in [3.8, 4) is 0 Å². The van der Waals surface area contributed by atoms with Gasteiger partial charge in [0.15, 0.2) is 0 Å². The van der Waals surface area contributed by atoms with Crippen LogP contribution in [0, 0.1) is 6.92 Å². The van der Waals surface area contributed by atoms with Gasteiger partial charge in [0.05, 0.1) is 0 Å². The number of carbonyl (C=O) groups is 1. The summed E-state index contributed by atoms with van der Waals surface area (Å²) in [5.41, 5.74) is 7.19. The molecule has 4 nitrogen and oxygen atoms in total. The van der Waals surface area contributed by atoms with Gasteiger partial charge < -0.3 is 15.3 Å². The van der Waals surface area contributed by atoms with Crippen molar-refractivity contribution in [2.24, 2.45) is 5.73 Å². The van der Waals surface area contributed by atoms with E-state index in [1.807, 2.05) is 31.2 Å². The summed E-state index contributed by atoms with van der Waals surface area (Å²) in [4.78, 5) is 10.7. The minimum Gasteiger partial charge on any atom is -0.480 e. The number of benzene rings is 1. The van der Waals surface area contributed by atoms with Crippen molar-refractivity contribution in [2.45, 2.75) is 19.4 Å². The summed E-state index contributed by atoms with van der Waals surface area (Å²) in [6.45, 7) is 1.86. The zero-order chi connectivity index (χ0) is 11.7. The summed E-state index contributed by atoms with van der Waals surface area (Å²) in [7, 11) is 0. The first-order valence-electron chi connectivity index (χ1n) is 5.04. The molecule has 4 heteroatoms. The maximum Gasteiger partial charge on any atom is 0.320 e. The molecule has 0 aliphatic carbocycles. The molecular formula is C12H13NO3. The van der Waals surface area contributed by atoms with E-state index in [4.69, 9.17) is 15.3 Å². The third-order valence-electron chi connectivity index (χ3n) is 2.53. The number of aliphatic carboxylic acids is 1. The van der Waals surface area contributed by atoms with Crippen LogP contribution in [-0.4, -0.2) is 17.1 Å². The molecule has 2 aromatic rings. The number of furan rings is 1. The van der Waals surface area contributed by atoms with Crippen molar-refractivity contribution in [1.82, 2.24) is 0 Å². The van der Waals surface area contributed by atoms with Crippen molar-refractivity contribution in [2.75, 3.05) is 0 Å². The lowest BCUT2D eigenvalue weighted by Crippen LogP contribution is -2.32. The van der Waals surface area contributed by atoms with E-state index in [2.05, 4.69) is 0 Å². The molecule has 0 fully saturated rings. The van der Waals surface area contributed by atoms with Crippen molar-refractivity contribution < 1.29 is 14.3 Å². The Morgan fingerprint density at radius 1 is 1.56 bits per heavy atom. The van der Waals surface area contributed by atoms with Gasteiger partial charge in [0.1, 0.15) is 17.4 Å². The summed E-state index contributed by atoms with van der Waals surface area (Å²) in [5, 5.41) is 9.71. The number of rotatable bonds is 3. The lowest BCUT2D eigenvalue weighted by molar-refractivity contribution is -0.138. The highest BCUT2D eigenvalue weighted by Crippen LogP contribution is 2.23. The van der Waals surface area contributed by atoms with Crippen LogP contribution in [0.3, 0.4) is 0 Å². The standard InChI is InChI=1S/C12H13NO3/c1-7-5-9-8(6-10(13)12(14)15)3-2-4-11(9)16-7/h2-5,10H,6,13H2,1H3,(H,14,15).